The van der Waals surface area contributed by atoms with Gasteiger partial charge in [-0.1, -0.05) is 5.92 Å². The average molecular weight is 136 g/mol. The van der Waals surface area contributed by atoms with E-state index in [1.165, 1.54) is 0 Å². The zero-order chi connectivity index (χ0) is 7.56. The first-order valence-corrected chi connectivity index (χ1v) is 3.13. The maximum atomic E-state index is 10.9. The van der Waals surface area contributed by atoms with Crippen LogP contribution in [0.15, 0.2) is 11.3 Å². The number of carbonyl (C=O) groups excluding carboxylic acids is 1. The van der Waals surface area contributed by atoms with Gasteiger partial charge in [-0.3, -0.25) is 4.79 Å². The van der Waals surface area contributed by atoms with Crippen molar-refractivity contribution >= 4 is 5.78 Å². The smallest absolute Gasteiger partial charge is 0.175 e. The number of aliphatic hydroxyl groups excluding tert-OH is 1. The highest BCUT2D eigenvalue weighted by Gasteiger charge is 2.20. The summed E-state index contributed by atoms with van der Waals surface area (Å²) in [5.74, 6) is 5.27. The molecule has 0 amide bonds. The molecule has 0 heterocycles. The van der Waals surface area contributed by atoms with Crippen LogP contribution < -0.4 is 0 Å². The number of carbonyl (C=O) groups is 1. The van der Waals surface area contributed by atoms with Crippen LogP contribution in [-0.2, 0) is 4.79 Å². The van der Waals surface area contributed by atoms with Crippen molar-refractivity contribution in [2.24, 2.45) is 0 Å². The molecule has 0 saturated heterocycles. The monoisotopic (exact) mass is 136 g/mol. The van der Waals surface area contributed by atoms with E-state index < -0.39 is 0 Å². The normalized spacial score (nSPS) is 17.1. The van der Waals surface area contributed by atoms with Gasteiger partial charge in [0.2, 0.25) is 0 Å². The molecule has 1 N–H and O–H groups in total. The van der Waals surface area contributed by atoms with E-state index in [-0.39, 0.29) is 11.5 Å². The molecular weight excluding hydrogens is 128 g/mol. The molecular formula is C8H8O2. The van der Waals surface area contributed by atoms with Crippen molar-refractivity contribution in [2.45, 2.75) is 19.8 Å². The Labute approximate surface area is 59.6 Å². The molecule has 0 aromatic rings. The van der Waals surface area contributed by atoms with Crippen LogP contribution in [0.4, 0.5) is 0 Å². The van der Waals surface area contributed by atoms with E-state index in [0.717, 1.165) is 0 Å². The molecule has 0 atom stereocenters. The Morgan fingerprint density at radius 1 is 1.50 bits per heavy atom. The fraction of sp³-hybridized carbons (Fsp3) is 0.375. The minimum Gasteiger partial charge on any atom is -0.511 e. The third kappa shape index (κ3) is 1.03. The summed E-state index contributed by atoms with van der Waals surface area (Å²) in [6.45, 7) is 1.64. The van der Waals surface area contributed by atoms with Crippen molar-refractivity contribution in [3.8, 4) is 11.8 Å². The van der Waals surface area contributed by atoms with Crippen LogP contribution in [0.3, 0.4) is 0 Å². The molecule has 0 aliphatic heterocycles. The van der Waals surface area contributed by atoms with Gasteiger partial charge in [0, 0.05) is 12.8 Å². The lowest BCUT2D eigenvalue weighted by molar-refractivity contribution is -0.114. The highest BCUT2D eigenvalue weighted by molar-refractivity contribution is 6.02. The SMILES string of the molecule is CC#CC1=C(O)CCC1=O. The maximum Gasteiger partial charge on any atom is 0.175 e. The van der Waals surface area contributed by atoms with E-state index in [1.54, 1.807) is 6.92 Å². The Kier molecular flexibility index (Phi) is 1.77. The fourth-order valence-electron chi connectivity index (χ4n) is 0.910. The van der Waals surface area contributed by atoms with Crippen LogP contribution in [-0.4, -0.2) is 10.9 Å². The Balaban J connectivity index is 2.96. The van der Waals surface area contributed by atoms with Gasteiger partial charge in [-0.25, -0.2) is 0 Å². The topological polar surface area (TPSA) is 37.3 Å². The molecule has 0 saturated carbocycles. The number of aliphatic hydroxyl groups is 1. The first-order chi connectivity index (χ1) is 4.75. The van der Waals surface area contributed by atoms with Crippen LogP contribution in [0.25, 0.3) is 0 Å². The van der Waals surface area contributed by atoms with Gasteiger partial charge in [0.15, 0.2) is 5.78 Å². The maximum absolute atomic E-state index is 10.9. The number of ketones is 1. The molecule has 52 valence electrons. The van der Waals surface area contributed by atoms with Crippen LogP contribution in [0.1, 0.15) is 19.8 Å². The molecule has 0 aromatic carbocycles. The molecule has 0 aromatic heterocycles. The molecule has 0 radical (unpaired) electrons. The van der Waals surface area contributed by atoms with Gasteiger partial charge in [0.1, 0.15) is 11.3 Å². The van der Waals surface area contributed by atoms with Gasteiger partial charge in [0.05, 0.1) is 0 Å². The van der Waals surface area contributed by atoms with Crippen LogP contribution in [0.2, 0.25) is 0 Å². The third-order valence-corrected chi connectivity index (χ3v) is 1.41. The minimum atomic E-state index is -0.0353. The Hall–Kier alpha value is -1.23. The van der Waals surface area contributed by atoms with Gasteiger partial charge in [0.25, 0.3) is 0 Å². The van der Waals surface area contributed by atoms with Crippen LogP contribution in [0, 0.1) is 11.8 Å². The summed E-state index contributed by atoms with van der Waals surface area (Å²) in [6, 6.07) is 0. The number of rotatable bonds is 0. The summed E-state index contributed by atoms with van der Waals surface area (Å²) in [5, 5.41) is 9.05. The second-order valence-corrected chi connectivity index (χ2v) is 2.12. The van der Waals surface area contributed by atoms with E-state index >= 15 is 0 Å². The summed E-state index contributed by atoms with van der Waals surface area (Å²) in [5.41, 5.74) is 0.308. The van der Waals surface area contributed by atoms with Crippen molar-refractivity contribution in [3.05, 3.63) is 11.3 Å². The molecule has 1 aliphatic carbocycles. The zero-order valence-corrected chi connectivity index (χ0v) is 5.77. The first kappa shape index (κ1) is 6.88. The summed E-state index contributed by atoms with van der Waals surface area (Å²) < 4.78 is 0. The van der Waals surface area contributed by atoms with Gasteiger partial charge in [-0.05, 0) is 6.92 Å². The van der Waals surface area contributed by atoms with E-state index in [2.05, 4.69) is 11.8 Å². The van der Waals surface area contributed by atoms with Gasteiger partial charge in [-0.15, -0.1) is 5.92 Å². The Morgan fingerprint density at radius 3 is 2.60 bits per heavy atom. The van der Waals surface area contributed by atoms with Crippen molar-refractivity contribution in [1.29, 1.82) is 0 Å². The quantitative estimate of drug-likeness (QED) is 0.508. The molecule has 0 spiro atoms. The van der Waals surface area contributed by atoms with Crippen molar-refractivity contribution < 1.29 is 9.90 Å². The molecule has 0 fully saturated rings. The number of hydrogen-bond donors (Lipinski definition) is 1. The highest BCUT2D eigenvalue weighted by atomic mass is 16.3. The van der Waals surface area contributed by atoms with Crippen LogP contribution >= 0.6 is 0 Å². The van der Waals surface area contributed by atoms with Gasteiger partial charge in [-0.2, -0.15) is 0 Å². The Morgan fingerprint density at radius 2 is 2.20 bits per heavy atom. The van der Waals surface area contributed by atoms with Crippen molar-refractivity contribution in [3.63, 3.8) is 0 Å². The standard InChI is InChI=1S/C8H8O2/c1-2-3-6-7(9)4-5-8(6)10/h9H,4-5H2,1H3. The average Bonchev–Trinajstić information content (AvgIpc) is 2.20. The van der Waals surface area contributed by atoms with E-state index in [9.17, 15) is 4.79 Å². The summed E-state index contributed by atoms with van der Waals surface area (Å²) in [6.07, 6.45) is 0.874. The summed E-state index contributed by atoms with van der Waals surface area (Å²) in [7, 11) is 0. The lowest BCUT2D eigenvalue weighted by Gasteiger charge is -1.86. The zero-order valence-electron chi connectivity index (χ0n) is 5.77. The predicted octanol–water partition coefficient (Wildman–Crippen LogP) is 1.18. The number of hydrogen-bond acceptors (Lipinski definition) is 2. The predicted molar refractivity (Wildman–Crippen MR) is 37.3 cm³/mol. The highest BCUT2D eigenvalue weighted by Crippen LogP contribution is 2.19. The molecule has 10 heavy (non-hydrogen) atoms. The van der Waals surface area contributed by atoms with E-state index in [1.807, 2.05) is 0 Å². The van der Waals surface area contributed by atoms with Crippen LogP contribution in [0.5, 0.6) is 0 Å². The fourth-order valence-corrected chi connectivity index (χ4v) is 0.910. The Bertz CT molecular complexity index is 250. The third-order valence-electron chi connectivity index (χ3n) is 1.41. The minimum absolute atomic E-state index is 0.0353. The second kappa shape index (κ2) is 2.57. The summed E-state index contributed by atoms with van der Waals surface area (Å²) in [4.78, 5) is 10.9. The molecule has 1 rings (SSSR count). The van der Waals surface area contributed by atoms with Gasteiger partial charge < -0.3 is 5.11 Å². The molecule has 1 aliphatic rings. The van der Waals surface area contributed by atoms with E-state index in [0.29, 0.717) is 18.4 Å². The summed E-state index contributed by atoms with van der Waals surface area (Å²) >= 11 is 0. The second-order valence-electron chi connectivity index (χ2n) is 2.12. The number of Topliss-reactive ketones (excluding diaryl/α,β-unsaturated/α-hetero) is 1. The molecule has 2 heteroatoms. The van der Waals surface area contributed by atoms with Crippen molar-refractivity contribution in [2.75, 3.05) is 0 Å². The van der Waals surface area contributed by atoms with E-state index in [4.69, 9.17) is 5.11 Å². The molecule has 0 bridgehead atoms. The lowest BCUT2D eigenvalue weighted by atomic mass is 10.2. The number of allylic oxidation sites excluding steroid dienone is 2. The molecule has 0 unspecified atom stereocenters. The van der Waals surface area contributed by atoms with Gasteiger partial charge >= 0.3 is 0 Å². The van der Waals surface area contributed by atoms with Crippen molar-refractivity contribution in [1.82, 2.24) is 0 Å². The first-order valence-electron chi connectivity index (χ1n) is 3.13. The lowest BCUT2D eigenvalue weighted by Crippen LogP contribution is -1.92. The largest absolute Gasteiger partial charge is 0.511 e. The molecule has 2 nitrogen and oxygen atoms in total.